The van der Waals surface area contributed by atoms with Crippen molar-refractivity contribution in [1.82, 2.24) is 0 Å². The Bertz CT molecular complexity index is 917. The van der Waals surface area contributed by atoms with Crippen LogP contribution in [0.3, 0.4) is 0 Å². The van der Waals surface area contributed by atoms with Crippen molar-refractivity contribution in [3.05, 3.63) is 72.3 Å². The van der Waals surface area contributed by atoms with Crippen LogP contribution in [0.5, 0.6) is 0 Å². The Balaban J connectivity index is 1.64. The molecule has 3 aromatic carbocycles. The lowest BCUT2D eigenvalue weighted by atomic mass is 9.96. The topological polar surface area (TPSA) is 15.6 Å². The highest BCUT2D eigenvalue weighted by atomic mass is 32.2. The molecule has 0 spiro atoms. The summed E-state index contributed by atoms with van der Waals surface area (Å²) in [6, 6.07) is 23.6. The van der Waals surface area contributed by atoms with Gasteiger partial charge in [0.15, 0.2) is 0 Å². The second-order valence-corrected chi connectivity index (χ2v) is 7.10. The molecule has 0 aliphatic carbocycles. The van der Waals surface area contributed by atoms with E-state index in [-0.39, 0.29) is 0 Å². The summed E-state index contributed by atoms with van der Waals surface area (Å²) in [4.78, 5) is 1.40. The molecule has 0 N–H and O–H groups in total. The van der Waals surface area contributed by atoms with Gasteiger partial charge < -0.3 is 0 Å². The summed E-state index contributed by atoms with van der Waals surface area (Å²) in [6.07, 6.45) is 0. The van der Waals surface area contributed by atoms with Crippen molar-refractivity contribution in [3.63, 3.8) is 0 Å². The Kier molecular flexibility index (Phi) is 2.95. The molecule has 2 nitrogen and oxygen atoms in total. The van der Waals surface area contributed by atoms with Gasteiger partial charge in [-0.15, -0.1) is 11.8 Å². The molecule has 0 radical (unpaired) electrons. The monoisotopic (exact) mass is 316 g/mol. The smallest absolute Gasteiger partial charge is 0.0751 e. The van der Waals surface area contributed by atoms with Crippen molar-refractivity contribution in [1.29, 1.82) is 0 Å². The summed E-state index contributed by atoms with van der Waals surface area (Å²) in [5, 5.41) is 9.79. The fraction of sp³-hybridized carbons (Fsp3) is 0.150. The average Bonchev–Trinajstić information content (AvgIpc) is 3.07. The highest BCUT2D eigenvalue weighted by Crippen LogP contribution is 2.41. The van der Waals surface area contributed by atoms with Crippen LogP contribution < -0.4 is 5.01 Å². The van der Waals surface area contributed by atoms with Crippen LogP contribution in [-0.2, 0) is 0 Å². The van der Waals surface area contributed by atoms with E-state index in [1.807, 2.05) is 11.8 Å². The molecule has 5 rings (SSSR count). The molecule has 0 aromatic heterocycles. The summed E-state index contributed by atoms with van der Waals surface area (Å²) in [7, 11) is 0. The summed E-state index contributed by atoms with van der Waals surface area (Å²) >= 11 is 1.98. The molecular weight excluding hydrogens is 300 g/mol. The Labute approximate surface area is 139 Å². The lowest BCUT2D eigenvalue weighted by Crippen LogP contribution is -2.24. The number of anilines is 1. The molecule has 3 aromatic rings. The molecule has 0 unspecified atom stereocenters. The zero-order valence-corrected chi connectivity index (χ0v) is 13.5. The van der Waals surface area contributed by atoms with E-state index in [2.05, 4.69) is 71.7 Å². The fourth-order valence-electron chi connectivity index (χ4n) is 3.50. The number of rotatable bonds is 1. The van der Waals surface area contributed by atoms with E-state index in [4.69, 9.17) is 5.10 Å². The molecule has 23 heavy (non-hydrogen) atoms. The SMILES string of the molecule is c1ccc(N2C[C@H]3CSc4c(ccc5ccccc45)C3=N2)cc1. The fourth-order valence-corrected chi connectivity index (χ4v) is 4.80. The summed E-state index contributed by atoms with van der Waals surface area (Å²) in [5.41, 5.74) is 3.76. The van der Waals surface area contributed by atoms with Gasteiger partial charge in [0.1, 0.15) is 0 Å². The number of hydrogen-bond donors (Lipinski definition) is 0. The molecule has 2 aliphatic rings. The molecule has 0 saturated carbocycles. The van der Waals surface area contributed by atoms with Crippen LogP contribution in [0.2, 0.25) is 0 Å². The van der Waals surface area contributed by atoms with E-state index < -0.39 is 0 Å². The molecule has 0 bridgehead atoms. The maximum absolute atomic E-state index is 4.97. The largest absolute Gasteiger partial charge is 0.265 e. The van der Waals surface area contributed by atoms with E-state index in [1.165, 1.54) is 32.6 Å². The molecule has 0 amide bonds. The quantitative estimate of drug-likeness (QED) is 0.641. The van der Waals surface area contributed by atoms with E-state index in [0.29, 0.717) is 5.92 Å². The predicted molar refractivity (Wildman–Crippen MR) is 98.5 cm³/mol. The third-order valence-electron chi connectivity index (χ3n) is 4.65. The maximum atomic E-state index is 4.97. The van der Waals surface area contributed by atoms with Gasteiger partial charge in [-0.05, 0) is 22.9 Å². The average molecular weight is 316 g/mol. The van der Waals surface area contributed by atoms with Crippen molar-refractivity contribution < 1.29 is 0 Å². The van der Waals surface area contributed by atoms with Crippen LogP contribution in [0, 0.1) is 5.92 Å². The first-order chi connectivity index (χ1) is 11.4. The first kappa shape index (κ1) is 13.2. The van der Waals surface area contributed by atoms with Gasteiger partial charge in [-0.25, -0.2) is 0 Å². The van der Waals surface area contributed by atoms with Crippen LogP contribution in [0.4, 0.5) is 5.69 Å². The Hall–Kier alpha value is -2.26. The summed E-state index contributed by atoms with van der Waals surface area (Å²) in [6.45, 7) is 0.985. The van der Waals surface area contributed by atoms with Gasteiger partial charge >= 0.3 is 0 Å². The van der Waals surface area contributed by atoms with Crippen LogP contribution in [0.15, 0.2) is 76.7 Å². The third kappa shape index (κ3) is 2.07. The second kappa shape index (κ2) is 5.14. The van der Waals surface area contributed by atoms with Gasteiger partial charge in [0.25, 0.3) is 0 Å². The van der Waals surface area contributed by atoms with Crippen molar-refractivity contribution >= 4 is 33.9 Å². The lowest BCUT2D eigenvalue weighted by Gasteiger charge is -2.22. The van der Waals surface area contributed by atoms with E-state index >= 15 is 0 Å². The van der Waals surface area contributed by atoms with Gasteiger partial charge in [0, 0.05) is 22.1 Å². The lowest BCUT2D eigenvalue weighted by molar-refractivity contribution is 0.781. The molecule has 2 aliphatic heterocycles. The molecule has 2 heterocycles. The zero-order chi connectivity index (χ0) is 15.2. The minimum atomic E-state index is 0.522. The van der Waals surface area contributed by atoms with Crippen molar-refractivity contribution in [2.45, 2.75) is 4.90 Å². The molecule has 3 heteroatoms. The van der Waals surface area contributed by atoms with Gasteiger partial charge in [-0.2, -0.15) is 5.10 Å². The van der Waals surface area contributed by atoms with Crippen LogP contribution >= 0.6 is 11.8 Å². The molecule has 112 valence electrons. The highest BCUT2D eigenvalue weighted by Gasteiger charge is 2.33. The van der Waals surface area contributed by atoms with Crippen LogP contribution in [0.25, 0.3) is 10.8 Å². The number of hydrogen-bond acceptors (Lipinski definition) is 3. The van der Waals surface area contributed by atoms with Crippen molar-refractivity contribution in [3.8, 4) is 0 Å². The van der Waals surface area contributed by atoms with Gasteiger partial charge in [-0.3, -0.25) is 5.01 Å². The van der Waals surface area contributed by atoms with Crippen molar-refractivity contribution in [2.75, 3.05) is 17.3 Å². The molecule has 0 fully saturated rings. The van der Waals surface area contributed by atoms with E-state index in [0.717, 1.165) is 12.3 Å². The maximum Gasteiger partial charge on any atom is 0.0751 e. The Morgan fingerprint density at radius 3 is 2.65 bits per heavy atom. The number of thioether (sulfide) groups is 1. The summed E-state index contributed by atoms with van der Waals surface area (Å²) in [5.74, 6) is 1.64. The minimum absolute atomic E-state index is 0.522. The number of para-hydroxylation sites is 1. The molecule has 0 saturated heterocycles. The first-order valence-electron chi connectivity index (χ1n) is 7.96. The second-order valence-electron chi connectivity index (χ2n) is 6.07. The standard InChI is InChI=1S/C20H16N2S/c1-2-7-16(8-3-1)22-12-15-13-23-20-17-9-5-4-6-14(17)10-11-18(20)19(15)21-22/h1-11,15H,12-13H2/t15-/m0/s1. The summed E-state index contributed by atoms with van der Waals surface area (Å²) < 4.78 is 0. The minimum Gasteiger partial charge on any atom is -0.265 e. The van der Waals surface area contributed by atoms with Gasteiger partial charge in [0.05, 0.1) is 17.9 Å². The normalized spacial score (nSPS) is 19.4. The van der Waals surface area contributed by atoms with Gasteiger partial charge in [0.2, 0.25) is 0 Å². The number of fused-ring (bicyclic) bond motifs is 5. The van der Waals surface area contributed by atoms with Crippen LogP contribution in [0.1, 0.15) is 5.56 Å². The van der Waals surface area contributed by atoms with E-state index in [9.17, 15) is 0 Å². The van der Waals surface area contributed by atoms with Crippen LogP contribution in [-0.4, -0.2) is 18.0 Å². The van der Waals surface area contributed by atoms with E-state index in [1.54, 1.807) is 0 Å². The molecule has 1 atom stereocenters. The first-order valence-corrected chi connectivity index (χ1v) is 8.95. The predicted octanol–water partition coefficient (Wildman–Crippen LogP) is 4.79. The Morgan fingerprint density at radius 1 is 0.913 bits per heavy atom. The third-order valence-corrected chi connectivity index (χ3v) is 5.94. The Morgan fingerprint density at radius 2 is 1.74 bits per heavy atom. The number of nitrogens with zero attached hydrogens (tertiary/aromatic N) is 2. The number of hydrazone groups is 1. The van der Waals surface area contributed by atoms with Crippen molar-refractivity contribution in [2.24, 2.45) is 11.0 Å². The molecular formula is C20H16N2S. The van der Waals surface area contributed by atoms with Gasteiger partial charge in [-0.1, -0.05) is 54.6 Å². The number of benzene rings is 3. The zero-order valence-electron chi connectivity index (χ0n) is 12.6. The highest BCUT2D eigenvalue weighted by molar-refractivity contribution is 7.99.